The van der Waals surface area contributed by atoms with Gasteiger partial charge in [0.15, 0.2) is 0 Å². The van der Waals surface area contributed by atoms with Crippen LogP contribution in [-0.4, -0.2) is 0 Å². The van der Waals surface area contributed by atoms with Gasteiger partial charge in [-0.25, -0.2) is 4.39 Å². The molecular weight excluding hydrogens is 297 g/mol. The first kappa shape index (κ1) is 13.1. The summed E-state index contributed by atoms with van der Waals surface area (Å²) in [5.74, 6) is 0.836. The molecule has 2 aromatic rings. The van der Waals surface area contributed by atoms with Crippen LogP contribution in [0.2, 0.25) is 0 Å². The van der Waals surface area contributed by atoms with Crippen molar-refractivity contribution in [2.75, 3.05) is 0 Å². The SMILES string of the molecule is Cc1ccc(F)cc1Oc1ccc(CN)cc1Br. The Hall–Kier alpha value is -1.39. The Balaban J connectivity index is 2.31. The van der Waals surface area contributed by atoms with Gasteiger partial charge in [-0.15, -0.1) is 0 Å². The van der Waals surface area contributed by atoms with Crippen molar-refractivity contribution in [1.29, 1.82) is 0 Å². The van der Waals surface area contributed by atoms with Crippen molar-refractivity contribution in [1.82, 2.24) is 0 Å². The third-order valence-electron chi connectivity index (χ3n) is 2.60. The minimum absolute atomic E-state index is 0.315. The Bertz CT molecular complexity index is 572. The number of halogens is 2. The van der Waals surface area contributed by atoms with E-state index in [2.05, 4.69) is 15.9 Å². The second kappa shape index (κ2) is 5.50. The molecule has 2 nitrogen and oxygen atoms in total. The Kier molecular flexibility index (Phi) is 3.99. The van der Waals surface area contributed by atoms with Crippen molar-refractivity contribution in [2.45, 2.75) is 13.5 Å². The van der Waals surface area contributed by atoms with E-state index >= 15 is 0 Å². The summed E-state index contributed by atoms with van der Waals surface area (Å²) in [4.78, 5) is 0. The third kappa shape index (κ3) is 2.89. The Morgan fingerprint density at radius 3 is 2.61 bits per heavy atom. The van der Waals surface area contributed by atoms with Gasteiger partial charge in [0.05, 0.1) is 4.47 Å². The molecule has 0 aliphatic rings. The molecule has 18 heavy (non-hydrogen) atoms. The number of benzene rings is 2. The molecule has 0 saturated carbocycles. The predicted octanol–water partition coefficient (Wildman–Crippen LogP) is 4.15. The molecule has 0 heterocycles. The molecule has 0 aromatic heterocycles. The molecule has 0 saturated heterocycles. The topological polar surface area (TPSA) is 35.2 Å². The maximum atomic E-state index is 13.2. The Labute approximate surface area is 114 Å². The smallest absolute Gasteiger partial charge is 0.141 e. The fourth-order valence-corrected chi connectivity index (χ4v) is 2.06. The van der Waals surface area contributed by atoms with E-state index in [1.54, 1.807) is 6.07 Å². The van der Waals surface area contributed by atoms with E-state index < -0.39 is 0 Å². The van der Waals surface area contributed by atoms with Crippen molar-refractivity contribution in [3.05, 3.63) is 57.8 Å². The molecule has 2 aromatic carbocycles. The van der Waals surface area contributed by atoms with E-state index in [9.17, 15) is 4.39 Å². The summed E-state index contributed by atoms with van der Waals surface area (Å²) >= 11 is 3.41. The molecule has 0 unspecified atom stereocenters. The number of nitrogens with two attached hydrogens (primary N) is 1. The maximum absolute atomic E-state index is 13.2. The van der Waals surface area contributed by atoms with Crippen molar-refractivity contribution in [3.8, 4) is 11.5 Å². The highest BCUT2D eigenvalue weighted by molar-refractivity contribution is 9.10. The normalized spacial score (nSPS) is 10.4. The first-order chi connectivity index (χ1) is 8.60. The summed E-state index contributed by atoms with van der Waals surface area (Å²) in [5, 5.41) is 0. The lowest BCUT2D eigenvalue weighted by Gasteiger charge is -2.11. The van der Waals surface area contributed by atoms with Gasteiger partial charge in [0.1, 0.15) is 17.3 Å². The second-order valence-corrected chi connectivity index (χ2v) is 4.84. The lowest BCUT2D eigenvalue weighted by atomic mass is 10.2. The van der Waals surface area contributed by atoms with Crippen LogP contribution in [0, 0.1) is 12.7 Å². The maximum Gasteiger partial charge on any atom is 0.141 e. The molecule has 0 fully saturated rings. The molecule has 2 N–H and O–H groups in total. The predicted molar refractivity (Wildman–Crippen MR) is 73.2 cm³/mol. The number of hydrogen-bond donors (Lipinski definition) is 1. The fourth-order valence-electron chi connectivity index (χ4n) is 1.56. The standard InChI is InChI=1S/C14H13BrFNO/c1-9-2-4-11(16)7-14(9)18-13-5-3-10(8-17)6-12(13)15/h2-7H,8,17H2,1H3. The van der Waals surface area contributed by atoms with Crippen LogP contribution in [0.5, 0.6) is 11.5 Å². The quantitative estimate of drug-likeness (QED) is 0.924. The van der Waals surface area contributed by atoms with Crippen LogP contribution in [-0.2, 0) is 6.54 Å². The molecule has 0 atom stereocenters. The number of aryl methyl sites for hydroxylation is 1. The molecule has 0 aliphatic carbocycles. The first-order valence-corrected chi connectivity index (χ1v) is 6.32. The third-order valence-corrected chi connectivity index (χ3v) is 3.22. The molecular formula is C14H13BrFNO. The first-order valence-electron chi connectivity index (χ1n) is 5.52. The van der Waals surface area contributed by atoms with Crippen LogP contribution in [0.25, 0.3) is 0 Å². The summed E-state index contributed by atoms with van der Waals surface area (Å²) in [6.45, 7) is 2.34. The monoisotopic (exact) mass is 309 g/mol. The molecule has 0 amide bonds. The lowest BCUT2D eigenvalue weighted by molar-refractivity contribution is 0.470. The number of rotatable bonds is 3. The van der Waals surface area contributed by atoms with Crippen LogP contribution in [0.4, 0.5) is 4.39 Å². The fraction of sp³-hybridized carbons (Fsp3) is 0.143. The van der Waals surface area contributed by atoms with Gasteiger partial charge in [0.2, 0.25) is 0 Å². The molecule has 0 aliphatic heterocycles. The Morgan fingerprint density at radius 2 is 1.94 bits per heavy atom. The Morgan fingerprint density at radius 1 is 1.17 bits per heavy atom. The zero-order chi connectivity index (χ0) is 13.1. The van der Waals surface area contributed by atoms with Crippen molar-refractivity contribution < 1.29 is 9.13 Å². The minimum Gasteiger partial charge on any atom is -0.456 e. The number of ether oxygens (including phenoxy) is 1. The van der Waals surface area contributed by atoms with Gasteiger partial charge >= 0.3 is 0 Å². The highest BCUT2D eigenvalue weighted by atomic mass is 79.9. The van der Waals surface area contributed by atoms with E-state index in [0.717, 1.165) is 15.6 Å². The largest absolute Gasteiger partial charge is 0.456 e. The average molecular weight is 310 g/mol. The summed E-state index contributed by atoms with van der Waals surface area (Å²) in [6, 6.07) is 10.1. The van der Waals surface area contributed by atoms with Gasteiger partial charge in [-0.2, -0.15) is 0 Å². The summed E-state index contributed by atoms with van der Waals surface area (Å²) in [5.41, 5.74) is 7.44. The van der Waals surface area contributed by atoms with Crippen LogP contribution < -0.4 is 10.5 Å². The average Bonchev–Trinajstić information content (AvgIpc) is 2.36. The van der Waals surface area contributed by atoms with Crippen LogP contribution in [0.1, 0.15) is 11.1 Å². The summed E-state index contributed by atoms with van der Waals surface area (Å²) < 4.78 is 19.7. The van der Waals surface area contributed by atoms with Crippen LogP contribution >= 0.6 is 15.9 Å². The van der Waals surface area contributed by atoms with Crippen molar-refractivity contribution in [2.24, 2.45) is 5.73 Å². The molecule has 0 bridgehead atoms. The zero-order valence-electron chi connectivity index (χ0n) is 9.91. The number of hydrogen-bond acceptors (Lipinski definition) is 2. The van der Waals surface area contributed by atoms with E-state index in [-0.39, 0.29) is 5.82 Å². The highest BCUT2D eigenvalue weighted by Gasteiger charge is 2.07. The summed E-state index contributed by atoms with van der Waals surface area (Å²) in [6.07, 6.45) is 0. The van der Waals surface area contributed by atoms with Gasteiger partial charge in [-0.1, -0.05) is 12.1 Å². The van der Waals surface area contributed by atoms with Gasteiger partial charge in [0.25, 0.3) is 0 Å². The van der Waals surface area contributed by atoms with Crippen molar-refractivity contribution >= 4 is 15.9 Å². The van der Waals surface area contributed by atoms with E-state index in [1.807, 2.05) is 25.1 Å². The second-order valence-electron chi connectivity index (χ2n) is 3.98. The van der Waals surface area contributed by atoms with E-state index in [1.165, 1.54) is 12.1 Å². The van der Waals surface area contributed by atoms with Gasteiger partial charge in [-0.05, 0) is 52.2 Å². The molecule has 2 rings (SSSR count). The zero-order valence-corrected chi connectivity index (χ0v) is 11.5. The molecule has 0 radical (unpaired) electrons. The summed E-state index contributed by atoms with van der Waals surface area (Å²) in [7, 11) is 0. The van der Waals surface area contributed by atoms with Gasteiger partial charge < -0.3 is 10.5 Å². The van der Waals surface area contributed by atoms with E-state index in [0.29, 0.717) is 18.0 Å². The molecule has 0 spiro atoms. The van der Waals surface area contributed by atoms with Crippen molar-refractivity contribution in [3.63, 3.8) is 0 Å². The van der Waals surface area contributed by atoms with Gasteiger partial charge in [0, 0.05) is 12.6 Å². The van der Waals surface area contributed by atoms with E-state index in [4.69, 9.17) is 10.5 Å². The molecule has 94 valence electrons. The van der Waals surface area contributed by atoms with Crippen LogP contribution in [0.3, 0.4) is 0 Å². The minimum atomic E-state index is -0.315. The van der Waals surface area contributed by atoms with Crippen LogP contribution in [0.15, 0.2) is 40.9 Å². The molecule has 4 heteroatoms. The lowest BCUT2D eigenvalue weighted by Crippen LogP contribution is -1.96. The highest BCUT2D eigenvalue weighted by Crippen LogP contribution is 2.32. The van der Waals surface area contributed by atoms with Gasteiger partial charge in [-0.3, -0.25) is 0 Å².